The fourth-order valence-corrected chi connectivity index (χ4v) is 4.52. The molecule has 1 heteroatoms. The molecule has 88 valence electrons. The quantitative estimate of drug-likeness (QED) is 0.716. The second-order valence-electron chi connectivity index (χ2n) is 6.47. The van der Waals surface area contributed by atoms with Gasteiger partial charge in [0.15, 0.2) is 0 Å². The van der Waals surface area contributed by atoms with Crippen LogP contribution in [0.2, 0.25) is 0 Å². The zero-order valence-corrected chi connectivity index (χ0v) is 10.5. The molecular formula is C15H22O. The van der Waals surface area contributed by atoms with E-state index in [1.54, 1.807) is 0 Å². The van der Waals surface area contributed by atoms with Gasteiger partial charge in [0.1, 0.15) is 0 Å². The minimum Gasteiger partial charge on any atom is -0.396 e. The maximum absolute atomic E-state index is 9.65. The number of rotatable bonds is 1. The molecule has 0 aromatic heterocycles. The van der Waals surface area contributed by atoms with Crippen LogP contribution in [0.15, 0.2) is 23.8 Å². The zero-order valence-electron chi connectivity index (χ0n) is 10.5. The first-order valence-corrected chi connectivity index (χ1v) is 6.53. The van der Waals surface area contributed by atoms with E-state index in [0.29, 0.717) is 23.9 Å². The van der Waals surface area contributed by atoms with Crippen LogP contribution in [0, 0.1) is 28.6 Å². The van der Waals surface area contributed by atoms with Gasteiger partial charge in [0.2, 0.25) is 0 Å². The summed E-state index contributed by atoms with van der Waals surface area (Å²) in [5.74, 6) is 2.13. The second kappa shape index (κ2) is 3.01. The molecule has 3 aliphatic carbocycles. The van der Waals surface area contributed by atoms with Gasteiger partial charge in [-0.05, 0) is 47.0 Å². The Morgan fingerprint density at radius 3 is 2.81 bits per heavy atom. The minimum absolute atomic E-state index is 0.187. The third-order valence-corrected chi connectivity index (χ3v) is 5.86. The lowest BCUT2D eigenvalue weighted by Gasteiger charge is -2.43. The summed E-state index contributed by atoms with van der Waals surface area (Å²) in [6.45, 7) is 7.42. The van der Waals surface area contributed by atoms with E-state index in [-0.39, 0.29) is 5.41 Å². The largest absolute Gasteiger partial charge is 0.396 e. The third-order valence-electron chi connectivity index (χ3n) is 5.86. The molecule has 0 unspecified atom stereocenters. The van der Waals surface area contributed by atoms with Crippen LogP contribution in [0.5, 0.6) is 0 Å². The normalized spacial score (nSPS) is 54.0. The fourth-order valence-electron chi connectivity index (χ4n) is 4.52. The summed E-state index contributed by atoms with van der Waals surface area (Å²) < 4.78 is 0. The van der Waals surface area contributed by atoms with Crippen molar-refractivity contribution in [3.63, 3.8) is 0 Å². The molecule has 0 spiro atoms. The Kier molecular flexibility index (Phi) is 1.99. The van der Waals surface area contributed by atoms with Crippen molar-refractivity contribution >= 4 is 0 Å². The highest BCUT2D eigenvalue weighted by Gasteiger charge is 2.69. The first-order valence-electron chi connectivity index (χ1n) is 6.53. The molecule has 0 bridgehead atoms. The van der Waals surface area contributed by atoms with Gasteiger partial charge < -0.3 is 5.11 Å². The van der Waals surface area contributed by atoms with Crippen molar-refractivity contribution < 1.29 is 5.11 Å². The summed E-state index contributed by atoms with van der Waals surface area (Å²) >= 11 is 0. The van der Waals surface area contributed by atoms with E-state index in [0.717, 1.165) is 5.92 Å². The monoisotopic (exact) mass is 218 g/mol. The molecule has 0 aromatic carbocycles. The summed E-state index contributed by atoms with van der Waals surface area (Å²) in [6, 6.07) is 0. The van der Waals surface area contributed by atoms with E-state index in [2.05, 4.69) is 39.0 Å². The number of fused-ring (bicyclic) bond motifs is 3. The summed E-state index contributed by atoms with van der Waals surface area (Å²) in [5, 5.41) is 9.65. The minimum atomic E-state index is 0.187. The Labute approximate surface area is 98.2 Å². The van der Waals surface area contributed by atoms with Gasteiger partial charge in [-0.15, -0.1) is 0 Å². The molecule has 3 rings (SSSR count). The summed E-state index contributed by atoms with van der Waals surface area (Å²) in [4.78, 5) is 0. The molecule has 0 saturated heterocycles. The Hall–Kier alpha value is -0.560. The molecule has 0 amide bonds. The zero-order chi connectivity index (χ0) is 11.6. The smallest absolute Gasteiger partial charge is 0.0490 e. The predicted molar refractivity (Wildman–Crippen MR) is 65.9 cm³/mol. The highest BCUT2D eigenvalue weighted by molar-refractivity contribution is 5.39. The van der Waals surface area contributed by atoms with Crippen molar-refractivity contribution in [2.24, 2.45) is 28.6 Å². The standard InChI is InChI=1S/C15H22O/c1-10-5-4-6-11-7-8-12-13(15(10,11)3)14(12,2)9-16/h4,6-7,10,12-13,16H,5,8-9H2,1-3H3/t10-,12-,13+,14+,15+/m1/s1. The van der Waals surface area contributed by atoms with Gasteiger partial charge in [0.05, 0.1) is 0 Å². The fraction of sp³-hybridized carbons (Fsp3) is 0.733. The number of hydrogen-bond acceptors (Lipinski definition) is 1. The molecule has 1 saturated carbocycles. The van der Waals surface area contributed by atoms with Crippen molar-refractivity contribution in [2.75, 3.05) is 6.61 Å². The first kappa shape index (κ1) is 10.6. The SMILES string of the molecule is C[C@@H]1CC=CC2=CC[C@@H]3[C@@H]([C@@]3(C)CO)[C@]21C. The Balaban J connectivity index is 2.04. The van der Waals surface area contributed by atoms with E-state index in [9.17, 15) is 5.11 Å². The molecular weight excluding hydrogens is 196 g/mol. The lowest BCUT2D eigenvalue weighted by Crippen LogP contribution is -2.35. The number of aliphatic hydroxyl groups excluding tert-OH is 1. The van der Waals surface area contributed by atoms with Gasteiger partial charge in [0.25, 0.3) is 0 Å². The van der Waals surface area contributed by atoms with Crippen LogP contribution < -0.4 is 0 Å². The third kappa shape index (κ3) is 1.01. The Bertz CT molecular complexity index is 381. The summed E-state index contributed by atoms with van der Waals surface area (Å²) in [7, 11) is 0. The molecule has 1 N–H and O–H groups in total. The van der Waals surface area contributed by atoms with Gasteiger partial charge in [-0.25, -0.2) is 0 Å². The van der Waals surface area contributed by atoms with Crippen LogP contribution in [0.1, 0.15) is 33.6 Å². The lowest BCUT2D eigenvalue weighted by atomic mass is 9.61. The molecule has 0 aliphatic heterocycles. The molecule has 0 aromatic rings. The first-order chi connectivity index (χ1) is 7.55. The van der Waals surface area contributed by atoms with Crippen molar-refractivity contribution in [1.29, 1.82) is 0 Å². The number of allylic oxidation sites excluding steroid dienone is 4. The molecule has 1 fully saturated rings. The van der Waals surface area contributed by atoms with Crippen molar-refractivity contribution in [2.45, 2.75) is 33.6 Å². The second-order valence-corrected chi connectivity index (χ2v) is 6.47. The van der Waals surface area contributed by atoms with Crippen molar-refractivity contribution in [1.82, 2.24) is 0 Å². The Morgan fingerprint density at radius 2 is 2.12 bits per heavy atom. The van der Waals surface area contributed by atoms with E-state index in [1.807, 2.05) is 0 Å². The van der Waals surface area contributed by atoms with Crippen LogP contribution in [0.3, 0.4) is 0 Å². The summed E-state index contributed by atoms with van der Waals surface area (Å²) in [5.41, 5.74) is 2.03. The number of aliphatic hydroxyl groups is 1. The van der Waals surface area contributed by atoms with E-state index < -0.39 is 0 Å². The van der Waals surface area contributed by atoms with Crippen molar-refractivity contribution in [3.05, 3.63) is 23.8 Å². The van der Waals surface area contributed by atoms with Gasteiger partial charge in [-0.3, -0.25) is 0 Å². The number of hydrogen-bond donors (Lipinski definition) is 1. The van der Waals surface area contributed by atoms with Crippen LogP contribution >= 0.6 is 0 Å². The maximum Gasteiger partial charge on any atom is 0.0490 e. The van der Waals surface area contributed by atoms with Crippen LogP contribution in [0.25, 0.3) is 0 Å². The average Bonchev–Trinajstić information content (AvgIpc) is 2.89. The molecule has 1 nitrogen and oxygen atoms in total. The van der Waals surface area contributed by atoms with E-state index in [1.165, 1.54) is 18.4 Å². The van der Waals surface area contributed by atoms with Crippen LogP contribution in [-0.4, -0.2) is 11.7 Å². The predicted octanol–water partition coefficient (Wildman–Crippen LogP) is 3.16. The molecule has 0 radical (unpaired) electrons. The molecule has 0 heterocycles. The topological polar surface area (TPSA) is 20.2 Å². The van der Waals surface area contributed by atoms with Gasteiger partial charge in [-0.1, -0.05) is 39.0 Å². The van der Waals surface area contributed by atoms with Gasteiger partial charge >= 0.3 is 0 Å². The Morgan fingerprint density at radius 1 is 1.38 bits per heavy atom. The van der Waals surface area contributed by atoms with Crippen LogP contribution in [-0.2, 0) is 0 Å². The highest BCUT2D eigenvalue weighted by Crippen LogP contribution is 2.73. The van der Waals surface area contributed by atoms with Gasteiger partial charge in [0, 0.05) is 6.61 Å². The van der Waals surface area contributed by atoms with Crippen LogP contribution in [0.4, 0.5) is 0 Å². The maximum atomic E-state index is 9.65. The lowest BCUT2D eigenvalue weighted by molar-refractivity contribution is 0.143. The highest BCUT2D eigenvalue weighted by atomic mass is 16.3. The van der Waals surface area contributed by atoms with E-state index >= 15 is 0 Å². The summed E-state index contributed by atoms with van der Waals surface area (Å²) in [6.07, 6.45) is 9.43. The van der Waals surface area contributed by atoms with E-state index in [4.69, 9.17) is 0 Å². The molecule has 3 aliphatic rings. The van der Waals surface area contributed by atoms with Gasteiger partial charge in [-0.2, -0.15) is 0 Å². The molecule has 16 heavy (non-hydrogen) atoms. The average molecular weight is 218 g/mol. The molecule has 5 atom stereocenters. The van der Waals surface area contributed by atoms with Crippen molar-refractivity contribution in [3.8, 4) is 0 Å².